The molecular weight excluding hydrogens is 280 g/mol. The summed E-state index contributed by atoms with van der Waals surface area (Å²) in [7, 11) is -3.38. The third-order valence-electron chi connectivity index (χ3n) is 3.37. The summed E-state index contributed by atoms with van der Waals surface area (Å²) < 4.78 is 26.5. The Balaban J connectivity index is 2.00. The second-order valence-electron chi connectivity index (χ2n) is 5.18. The van der Waals surface area contributed by atoms with Gasteiger partial charge in [0.2, 0.25) is 15.9 Å². The fourth-order valence-corrected chi connectivity index (χ4v) is 3.26. The van der Waals surface area contributed by atoms with Gasteiger partial charge < -0.3 is 4.90 Å². The number of carbonyl (C=O) groups is 1. The Kier molecular flexibility index (Phi) is 4.44. The smallest absolute Gasteiger partial charge is 0.240 e. The largest absolute Gasteiger partial charge is 0.339 e. The van der Waals surface area contributed by atoms with Crippen LogP contribution in [0.1, 0.15) is 25.8 Å². The number of carbonyl (C=O) groups excluding carboxylic acids is 1. The zero-order valence-electron chi connectivity index (χ0n) is 11.7. The second-order valence-corrected chi connectivity index (χ2v) is 6.96. The summed E-state index contributed by atoms with van der Waals surface area (Å²) in [6.45, 7) is 2.80. The Morgan fingerprint density at radius 3 is 2.85 bits per heavy atom. The molecule has 0 radical (unpaired) electrons. The number of sulfonamides is 1. The maximum Gasteiger partial charge on any atom is 0.240 e. The molecule has 1 fully saturated rings. The highest BCUT2D eigenvalue weighted by molar-refractivity contribution is 7.88. The van der Waals surface area contributed by atoms with Crippen LogP contribution in [0, 0.1) is 0 Å². The average Bonchev–Trinajstić information content (AvgIpc) is 2.90. The number of aromatic nitrogens is 2. The molecule has 2 unspecified atom stereocenters. The van der Waals surface area contributed by atoms with Crippen molar-refractivity contribution in [3.63, 3.8) is 0 Å². The lowest BCUT2D eigenvalue weighted by Gasteiger charge is -2.34. The van der Waals surface area contributed by atoms with Crippen LogP contribution in [0.2, 0.25) is 0 Å². The number of nitrogens with zero attached hydrogens (tertiary/aromatic N) is 3. The fourth-order valence-electron chi connectivity index (χ4n) is 2.51. The molecule has 1 aliphatic rings. The van der Waals surface area contributed by atoms with E-state index in [-0.39, 0.29) is 11.9 Å². The van der Waals surface area contributed by atoms with Crippen LogP contribution in [0.25, 0.3) is 0 Å². The molecule has 1 aliphatic heterocycles. The first-order valence-corrected chi connectivity index (χ1v) is 8.51. The molecular formula is C12H20N4O3S. The summed E-state index contributed by atoms with van der Waals surface area (Å²) in [6.07, 6.45) is 6.52. The molecule has 1 aromatic heterocycles. The number of likely N-dealkylation sites (tertiary alicyclic amines) is 1. The molecule has 0 spiro atoms. The number of amides is 1. The van der Waals surface area contributed by atoms with Gasteiger partial charge in [0.15, 0.2) is 0 Å². The van der Waals surface area contributed by atoms with E-state index in [4.69, 9.17) is 0 Å². The third kappa shape index (κ3) is 3.80. The zero-order valence-corrected chi connectivity index (χ0v) is 12.5. The molecule has 1 N–H and O–H groups in total. The molecule has 1 amide bonds. The molecule has 112 valence electrons. The van der Waals surface area contributed by atoms with Crippen molar-refractivity contribution < 1.29 is 13.2 Å². The van der Waals surface area contributed by atoms with Gasteiger partial charge in [-0.15, -0.1) is 0 Å². The Hall–Kier alpha value is -1.41. The fraction of sp³-hybridized carbons (Fsp3) is 0.667. The van der Waals surface area contributed by atoms with Crippen LogP contribution in [0.3, 0.4) is 0 Å². The molecule has 0 aromatic carbocycles. The number of hydrogen-bond acceptors (Lipinski definition) is 4. The lowest BCUT2D eigenvalue weighted by Crippen LogP contribution is -2.50. The lowest BCUT2D eigenvalue weighted by atomic mass is 10.1. The quantitative estimate of drug-likeness (QED) is 0.847. The normalized spacial score (nSPS) is 21.7. The average molecular weight is 300 g/mol. The van der Waals surface area contributed by atoms with Gasteiger partial charge in [0.05, 0.1) is 18.3 Å². The number of hydrogen-bond donors (Lipinski definition) is 1. The molecule has 2 atom stereocenters. The number of nitrogens with one attached hydrogen (secondary N) is 1. The van der Waals surface area contributed by atoms with E-state index in [1.165, 1.54) is 0 Å². The Labute approximate surface area is 119 Å². The van der Waals surface area contributed by atoms with Crippen molar-refractivity contribution in [2.24, 2.45) is 0 Å². The summed E-state index contributed by atoms with van der Waals surface area (Å²) in [5, 5.41) is 4.21. The predicted molar refractivity (Wildman–Crippen MR) is 74.5 cm³/mol. The van der Waals surface area contributed by atoms with Crippen molar-refractivity contribution in [1.29, 1.82) is 0 Å². The molecule has 0 aliphatic carbocycles. The minimum atomic E-state index is -3.38. The highest BCUT2D eigenvalue weighted by Gasteiger charge is 2.28. The van der Waals surface area contributed by atoms with E-state index in [0.717, 1.165) is 19.1 Å². The van der Waals surface area contributed by atoms with E-state index < -0.39 is 16.1 Å². The van der Waals surface area contributed by atoms with E-state index in [1.807, 2.05) is 16.9 Å². The highest BCUT2D eigenvalue weighted by atomic mass is 32.2. The molecule has 2 rings (SSSR count). The van der Waals surface area contributed by atoms with E-state index in [2.05, 4.69) is 9.82 Å². The molecule has 0 bridgehead atoms. The van der Waals surface area contributed by atoms with Gasteiger partial charge in [-0.3, -0.25) is 9.48 Å². The molecule has 1 saturated heterocycles. The summed E-state index contributed by atoms with van der Waals surface area (Å²) >= 11 is 0. The molecule has 8 heteroatoms. The first-order valence-electron chi connectivity index (χ1n) is 6.62. The van der Waals surface area contributed by atoms with Crippen molar-refractivity contribution >= 4 is 15.9 Å². The van der Waals surface area contributed by atoms with E-state index >= 15 is 0 Å². The third-order valence-corrected chi connectivity index (χ3v) is 4.15. The molecule has 7 nitrogen and oxygen atoms in total. The van der Waals surface area contributed by atoms with Crippen molar-refractivity contribution in [1.82, 2.24) is 19.4 Å². The standard InChI is InChI=1S/C12H20N4O3S/c1-10(14-20(2,18)19)12(17)15-7-3-5-11(9-15)16-8-4-6-13-16/h4,6,8,10-11,14H,3,5,7,9H2,1-2H3. The molecule has 2 heterocycles. The summed E-state index contributed by atoms with van der Waals surface area (Å²) in [6, 6.07) is 1.28. The van der Waals surface area contributed by atoms with Gasteiger partial charge >= 0.3 is 0 Å². The first-order chi connectivity index (χ1) is 9.37. The van der Waals surface area contributed by atoms with Crippen LogP contribution >= 0.6 is 0 Å². The summed E-state index contributed by atoms with van der Waals surface area (Å²) in [5.41, 5.74) is 0. The minimum absolute atomic E-state index is 0.160. The van der Waals surface area contributed by atoms with Crippen LogP contribution in [-0.2, 0) is 14.8 Å². The Morgan fingerprint density at radius 1 is 1.50 bits per heavy atom. The molecule has 0 saturated carbocycles. The van der Waals surface area contributed by atoms with Crippen LogP contribution < -0.4 is 4.72 Å². The van der Waals surface area contributed by atoms with Crippen LogP contribution in [0.15, 0.2) is 18.5 Å². The van der Waals surface area contributed by atoms with Gasteiger partial charge in [-0.1, -0.05) is 0 Å². The first kappa shape index (κ1) is 15.0. The monoisotopic (exact) mass is 300 g/mol. The summed E-state index contributed by atoms with van der Waals surface area (Å²) in [5.74, 6) is -0.188. The van der Waals surface area contributed by atoms with Gasteiger partial charge in [0.1, 0.15) is 0 Å². The van der Waals surface area contributed by atoms with E-state index in [9.17, 15) is 13.2 Å². The van der Waals surface area contributed by atoms with Crippen molar-refractivity contribution in [3.8, 4) is 0 Å². The van der Waals surface area contributed by atoms with Crippen LogP contribution in [-0.4, -0.2) is 54.4 Å². The van der Waals surface area contributed by atoms with Crippen molar-refractivity contribution in [2.75, 3.05) is 19.3 Å². The summed E-state index contributed by atoms with van der Waals surface area (Å²) in [4.78, 5) is 14.0. The van der Waals surface area contributed by atoms with Gasteiger partial charge in [-0.25, -0.2) is 13.1 Å². The number of rotatable bonds is 4. The van der Waals surface area contributed by atoms with Crippen molar-refractivity contribution in [3.05, 3.63) is 18.5 Å². The van der Waals surface area contributed by atoms with Gasteiger partial charge in [-0.05, 0) is 25.8 Å². The Morgan fingerprint density at radius 2 is 2.25 bits per heavy atom. The van der Waals surface area contributed by atoms with Gasteiger partial charge in [-0.2, -0.15) is 5.10 Å². The van der Waals surface area contributed by atoms with Crippen LogP contribution in [0.4, 0.5) is 0 Å². The topological polar surface area (TPSA) is 84.3 Å². The number of piperidine rings is 1. The molecule has 1 aromatic rings. The van der Waals surface area contributed by atoms with E-state index in [0.29, 0.717) is 13.1 Å². The van der Waals surface area contributed by atoms with E-state index in [1.54, 1.807) is 18.0 Å². The van der Waals surface area contributed by atoms with Gasteiger partial charge in [0, 0.05) is 25.5 Å². The highest BCUT2D eigenvalue weighted by Crippen LogP contribution is 2.21. The minimum Gasteiger partial charge on any atom is -0.339 e. The lowest BCUT2D eigenvalue weighted by molar-refractivity contribution is -0.134. The zero-order chi connectivity index (χ0) is 14.8. The Bertz CT molecular complexity index is 555. The van der Waals surface area contributed by atoms with Crippen LogP contribution in [0.5, 0.6) is 0 Å². The maximum atomic E-state index is 12.3. The predicted octanol–water partition coefficient (Wildman–Crippen LogP) is -0.0157. The maximum absolute atomic E-state index is 12.3. The van der Waals surface area contributed by atoms with Crippen molar-refractivity contribution in [2.45, 2.75) is 31.8 Å². The molecule has 20 heavy (non-hydrogen) atoms. The second kappa shape index (κ2) is 5.92. The van der Waals surface area contributed by atoms with Gasteiger partial charge in [0.25, 0.3) is 0 Å². The SMILES string of the molecule is CC(NS(C)(=O)=O)C(=O)N1CCCC(n2cccn2)C1.